The third-order valence-corrected chi connectivity index (χ3v) is 17.1. The zero-order valence-electron chi connectivity index (χ0n) is 49.9. The summed E-state index contributed by atoms with van der Waals surface area (Å²) in [4.78, 5) is 77.5. The van der Waals surface area contributed by atoms with E-state index < -0.39 is 26.1 Å². The van der Waals surface area contributed by atoms with Gasteiger partial charge < -0.3 is 45.5 Å². The fourth-order valence-corrected chi connectivity index (χ4v) is 12.1. The molecule has 6 aromatic heterocycles. The number of phosphoric ester groups is 1. The highest BCUT2D eigenvalue weighted by Crippen LogP contribution is 2.55. The highest BCUT2D eigenvalue weighted by molar-refractivity contribution is 7.50. The zero-order valence-corrected chi connectivity index (χ0v) is 50.8. The Labute approximate surface area is 515 Å². The van der Waals surface area contributed by atoms with Crippen LogP contribution < -0.4 is 46.6 Å². The lowest BCUT2D eigenvalue weighted by atomic mass is 9.87. The maximum absolute atomic E-state index is 16.6. The first kappa shape index (κ1) is 58.8. The molecular weight excluding hydrogens is 1150 g/mol. The normalized spacial score (nSPS) is 14.4. The molecule has 0 bridgehead atoms. The molecule has 9 heterocycles. The highest BCUT2D eigenvalue weighted by atomic mass is 31.2. The predicted octanol–water partition coefficient (Wildman–Crippen LogP) is 14.3. The number of carbonyl (C=O) groups is 3. The van der Waals surface area contributed by atoms with Crippen molar-refractivity contribution in [3.8, 4) is 0 Å². The number of rotatable bonds is 18. The number of anilines is 12. The predicted molar refractivity (Wildman–Crippen MR) is 345 cm³/mol. The van der Waals surface area contributed by atoms with E-state index in [1.165, 1.54) is 0 Å². The van der Waals surface area contributed by atoms with Gasteiger partial charge in [0.1, 0.15) is 0 Å². The van der Waals surface area contributed by atoms with Crippen LogP contribution in [0.5, 0.6) is 0 Å². The zero-order chi connectivity index (χ0) is 61.9. The van der Waals surface area contributed by atoms with Crippen molar-refractivity contribution in [3.05, 3.63) is 217 Å². The number of amides is 3. The minimum absolute atomic E-state index is 0.138. The van der Waals surface area contributed by atoms with Crippen LogP contribution in [0.4, 0.5) is 83.0 Å². The van der Waals surface area contributed by atoms with Crippen molar-refractivity contribution in [2.24, 2.45) is 0 Å². The van der Waals surface area contributed by atoms with E-state index >= 15 is 18.9 Å². The van der Waals surface area contributed by atoms with E-state index in [0.717, 1.165) is 65.1 Å². The topological polar surface area (TPSA) is 255 Å². The molecule has 9 aromatic rings. The summed E-state index contributed by atoms with van der Waals surface area (Å²) < 4.78 is 35.1. The van der Waals surface area contributed by atoms with Crippen molar-refractivity contribution in [1.29, 1.82) is 0 Å². The molecule has 3 aliphatic rings. The molecule has 23 heteroatoms. The van der Waals surface area contributed by atoms with E-state index in [1.807, 2.05) is 54.6 Å². The van der Waals surface area contributed by atoms with Crippen LogP contribution in [0, 0.1) is 0 Å². The maximum atomic E-state index is 16.6. The van der Waals surface area contributed by atoms with Crippen molar-refractivity contribution < 1.29 is 32.5 Å². The van der Waals surface area contributed by atoms with Gasteiger partial charge in [0.2, 0.25) is 0 Å². The molecule has 6 N–H and O–H groups in total. The van der Waals surface area contributed by atoms with Gasteiger partial charge in [-0.25, -0.2) is 44.0 Å². The Morgan fingerprint density at radius 2 is 0.708 bits per heavy atom. The van der Waals surface area contributed by atoms with Gasteiger partial charge in [-0.3, -0.25) is 15.0 Å². The average molecular weight is 1210 g/mol. The lowest BCUT2D eigenvalue weighted by molar-refractivity contribution is 0.149. The minimum Gasteiger partial charge on any atom is -0.384 e. The van der Waals surface area contributed by atoms with Crippen LogP contribution >= 0.6 is 7.82 Å². The minimum atomic E-state index is -5.98. The van der Waals surface area contributed by atoms with Gasteiger partial charge in [0.05, 0.1) is 34.1 Å². The molecule has 3 aliphatic heterocycles. The SMILES string of the molecule is CC1(C)CNc2cc(N(C(=O)OP(=O)(OC(=O)N(c3ccc4c(c3)NCC4(C)C)c3cccnc3NCc3ccncc3)OC(=O)N(c3ccc4c(c3)NCC4(C)C)c3cccnc3NCc3ccncc3)c3cccnc3NCc3ccncc3)ccc21. The maximum Gasteiger partial charge on any atom is 0.657 e. The lowest BCUT2D eigenvalue weighted by Gasteiger charge is -2.30. The van der Waals surface area contributed by atoms with E-state index in [1.54, 1.807) is 129 Å². The lowest BCUT2D eigenvalue weighted by Crippen LogP contribution is -2.33. The molecule has 452 valence electrons. The van der Waals surface area contributed by atoms with Gasteiger partial charge in [0, 0.05) is 128 Å². The number of hydrogen-bond acceptors (Lipinski definition) is 19. The number of phosphoric acid groups is 1. The summed E-state index contributed by atoms with van der Waals surface area (Å²) >= 11 is 0. The standard InChI is InChI=1S/C66H66N15O7P/c1-64(2)40-76-52-34-46(13-16-49(52)64)79(55-10-7-25-70-58(55)73-37-43-19-28-67-29-20-43)61(82)86-89(85,87-62(83)80(47-14-17-50-53(35-47)77-41-65(50,3)4)56-11-8-26-71-59(56)74-38-44-21-30-68-31-22-44)88-63(84)81(48-15-18-51-54(36-48)78-42-66(51,5)6)57-12-9-27-72-60(57)75-39-45-23-32-69-33-24-45/h7-36,76-78H,37-42H2,1-6H3,(H,70,73)(H,71,74)(H,72,75). The van der Waals surface area contributed by atoms with Gasteiger partial charge in [0.15, 0.2) is 17.5 Å². The van der Waals surface area contributed by atoms with Crippen LogP contribution in [-0.4, -0.2) is 67.8 Å². The molecule has 3 aromatic carbocycles. The molecule has 89 heavy (non-hydrogen) atoms. The van der Waals surface area contributed by atoms with Crippen molar-refractivity contribution in [1.82, 2.24) is 29.9 Å². The summed E-state index contributed by atoms with van der Waals surface area (Å²) in [5, 5.41) is 20.4. The molecule has 22 nitrogen and oxygen atoms in total. The van der Waals surface area contributed by atoms with Crippen LogP contribution in [0.3, 0.4) is 0 Å². The second-order valence-corrected chi connectivity index (χ2v) is 25.1. The Balaban J connectivity index is 0.995. The van der Waals surface area contributed by atoms with Crippen LogP contribution in [0.2, 0.25) is 0 Å². The fourth-order valence-electron chi connectivity index (χ4n) is 11.2. The Kier molecular flexibility index (Phi) is 16.0. The number of pyridine rings is 6. The van der Waals surface area contributed by atoms with Gasteiger partial charge >= 0.3 is 26.1 Å². The van der Waals surface area contributed by atoms with E-state index in [2.05, 4.69) is 103 Å². The van der Waals surface area contributed by atoms with Crippen LogP contribution in [0.1, 0.15) is 74.9 Å². The van der Waals surface area contributed by atoms with Gasteiger partial charge in [-0.05, 0) is 143 Å². The van der Waals surface area contributed by atoms with Gasteiger partial charge in [-0.1, -0.05) is 59.7 Å². The molecule has 0 atom stereocenters. The molecule has 0 unspecified atom stereocenters. The van der Waals surface area contributed by atoms with Crippen molar-refractivity contribution >= 4 is 94.7 Å². The van der Waals surface area contributed by atoms with E-state index in [-0.39, 0.29) is 87.5 Å². The van der Waals surface area contributed by atoms with Gasteiger partial charge in [0.25, 0.3) is 0 Å². The Bertz CT molecular complexity index is 3740. The van der Waals surface area contributed by atoms with Crippen LogP contribution in [0.15, 0.2) is 183 Å². The van der Waals surface area contributed by atoms with Crippen molar-refractivity contribution in [2.75, 3.05) is 66.2 Å². The van der Waals surface area contributed by atoms with E-state index in [0.29, 0.717) is 19.6 Å². The first-order chi connectivity index (χ1) is 42.9. The number of carbonyl (C=O) groups excluding carboxylic acids is 3. The molecule has 0 fully saturated rings. The van der Waals surface area contributed by atoms with Gasteiger partial charge in [-0.15, -0.1) is 0 Å². The number of fused-ring (bicyclic) bond motifs is 3. The monoisotopic (exact) mass is 1210 g/mol. The second kappa shape index (κ2) is 24.3. The molecule has 0 spiro atoms. The smallest absolute Gasteiger partial charge is 0.384 e. The largest absolute Gasteiger partial charge is 0.657 e. The summed E-state index contributed by atoms with van der Waals surface area (Å²) in [5.74, 6) is 0.638. The summed E-state index contributed by atoms with van der Waals surface area (Å²) in [7, 11) is -5.98. The number of nitrogens with zero attached hydrogens (tertiary/aromatic N) is 9. The molecule has 0 radical (unpaired) electrons. The molecule has 3 amide bonds. The molecule has 12 rings (SSSR count). The molecular formula is C66H66N15O7P. The summed E-state index contributed by atoms with van der Waals surface area (Å²) in [6, 6.07) is 36.8. The first-order valence-electron chi connectivity index (χ1n) is 29.0. The highest BCUT2D eigenvalue weighted by Gasteiger charge is 2.47. The van der Waals surface area contributed by atoms with E-state index in [4.69, 9.17) is 13.6 Å². The number of hydrogen-bond donors (Lipinski definition) is 6. The van der Waals surface area contributed by atoms with E-state index in [9.17, 15) is 0 Å². The summed E-state index contributed by atoms with van der Waals surface area (Å²) in [6.45, 7) is 15.2. The third-order valence-electron chi connectivity index (χ3n) is 16.0. The molecule has 0 saturated heterocycles. The van der Waals surface area contributed by atoms with Crippen molar-refractivity contribution in [3.63, 3.8) is 0 Å². The Morgan fingerprint density at radius 3 is 0.989 bits per heavy atom. The molecule has 0 saturated carbocycles. The first-order valence-corrected chi connectivity index (χ1v) is 30.5. The van der Waals surface area contributed by atoms with Gasteiger partial charge in [-0.2, -0.15) is 4.57 Å². The van der Waals surface area contributed by atoms with Crippen molar-refractivity contribution in [2.45, 2.75) is 77.4 Å². The van der Waals surface area contributed by atoms with Crippen LogP contribution in [-0.2, 0) is 54.0 Å². The third kappa shape index (κ3) is 12.5. The molecule has 0 aliphatic carbocycles. The number of benzene rings is 3. The summed E-state index contributed by atoms with van der Waals surface area (Å²) in [6.07, 6.45) is 10.5. The Hall–Kier alpha value is -10.6. The quantitative estimate of drug-likeness (QED) is 0.0437. The van der Waals surface area contributed by atoms with Crippen LogP contribution in [0.25, 0.3) is 0 Å². The number of aromatic nitrogens is 6. The average Bonchev–Trinajstić information content (AvgIpc) is 1.90. The summed E-state index contributed by atoms with van der Waals surface area (Å²) in [5.41, 5.74) is 7.96. The Morgan fingerprint density at radius 1 is 0.427 bits per heavy atom. The fraction of sp³-hybridized carbons (Fsp3) is 0.227. The second-order valence-electron chi connectivity index (χ2n) is 23.7. The number of nitrogens with one attached hydrogen (secondary N) is 6.